The summed E-state index contributed by atoms with van der Waals surface area (Å²) in [6.07, 6.45) is 5.99. The van der Waals surface area contributed by atoms with E-state index in [1.54, 1.807) is 0 Å². The third-order valence-electron chi connectivity index (χ3n) is 7.48. The van der Waals surface area contributed by atoms with E-state index in [4.69, 9.17) is 14.7 Å². The Labute approximate surface area is 227 Å². The van der Waals surface area contributed by atoms with Gasteiger partial charge in [0.05, 0.1) is 17.6 Å². The van der Waals surface area contributed by atoms with Crippen molar-refractivity contribution in [2.75, 3.05) is 24.5 Å². The molecule has 6 rings (SSSR count). The summed E-state index contributed by atoms with van der Waals surface area (Å²) in [4.78, 5) is 15.0. The SMILES string of the molecule is CCn1cc(-c2nc3c(nc2N2CCC(Oc4ccc(F)cc4F)CC2)CCN(Cc2ccccc2)C3)cn1. The van der Waals surface area contributed by atoms with Crippen molar-refractivity contribution in [3.8, 4) is 17.0 Å². The summed E-state index contributed by atoms with van der Waals surface area (Å²) in [5.41, 5.74) is 5.16. The van der Waals surface area contributed by atoms with Crippen molar-refractivity contribution >= 4 is 5.82 Å². The zero-order valence-electron chi connectivity index (χ0n) is 22.1. The van der Waals surface area contributed by atoms with Crippen molar-refractivity contribution in [1.82, 2.24) is 24.6 Å². The molecule has 0 atom stereocenters. The Morgan fingerprint density at radius 1 is 0.974 bits per heavy atom. The maximum absolute atomic E-state index is 14.1. The number of hydrogen-bond donors (Lipinski definition) is 0. The molecule has 0 radical (unpaired) electrons. The van der Waals surface area contributed by atoms with Gasteiger partial charge in [0, 0.05) is 76.4 Å². The Hall–Kier alpha value is -3.85. The van der Waals surface area contributed by atoms with Crippen LogP contribution in [0, 0.1) is 11.6 Å². The molecular formula is C30H32F2N6O. The van der Waals surface area contributed by atoms with E-state index in [1.807, 2.05) is 23.1 Å². The fourth-order valence-corrected chi connectivity index (χ4v) is 5.36. The van der Waals surface area contributed by atoms with Crippen molar-refractivity contribution in [2.24, 2.45) is 0 Å². The number of anilines is 1. The van der Waals surface area contributed by atoms with Crippen LogP contribution in [-0.2, 0) is 26.1 Å². The van der Waals surface area contributed by atoms with E-state index in [0.717, 1.165) is 67.1 Å². The minimum Gasteiger partial charge on any atom is -0.487 e. The number of benzene rings is 2. The number of hydrogen-bond acceptors (Lipinski definition) is 6. The molecule has 1 saturated heterocycles. The maximum atomic E-state index is 14.1. The molecule has 2 aliphatic rings. The van der Waals surface area contributed by atoms with Crippen LogP contribution >= 0.6 is 0 Å². The van der Waals surface area contributed by atoms with Crippen LogP contribution in [-0.4, -0.2) is 50.4 Å². The van der Waals surface area contributed by atoms with Gasteiger partial charge in [-0.15, -0.1) is 0 Å². The maximum Gasteiger partial charge on any atom is 0.167 e. The first kappa shape index (κ1) is 25.4. The van der Waals surface area contributed by atoms with Crippen LogP contribution in [0.1, 0.15) is 36.7 Å². The largest absolute Gasteiger partial charge is 0.487 e. The predicted octanol–water partition coefficient (Wildman–Crippen LogP) is 5.24. The second-order valence-corrected chi connectivity index (χ2v) is 10.2. The Morgan fingerprint density at radius 2 is 1.79 bits per heavy atom. The smallest absolute Gasteiger partial charge is 0.167 e. The summed E-state index contributed by atoms with van der Waals surface area (Å²) >= 11 is 0. The number of aromatic nitrogens is 4. The highest BCUT2D eigenvalue weighted by Gasteiger charge is 2.28. The van der Waals surface area contributed by atoms with Crippen LogP contribution in [0.25, 0.3) is 11.3 Å². The first-order valence-electron chi connectivity index (χ1n) is 13.6. The molecule has 0 aliphatic carbocycles. The van der Waals surface area contributed by atoms with E-state index in [9.17, 15) is 8.78 Å². The predicted molar refractivity (Wildman–Crippen MR) is 145 cm³/mol. The lowest BCUT2D eigenvalue weighted by molar-refractivity contribution is 0.163. The molecule has 0 spiro atoms. The van der Waals surface area contributed by atoms with E-state index >= 15 is 0 Å². The fraction of sp³-hybridized carbons (Fsp3) is 0.367. The van der Waals surface area contributed by atoms with Gasteiger partial charge in [-0.2, -0.15) is 5.10 Å². The number of rotatable bonds is 7. The average Bonchev–Trinajstić information content (AvgIpc) is 3.44. The Morgan fingerprint density at radius 3 is 2.54 bits per heavy atom. The normalized spacial score (nSPS) is 16.3. The highest BCUT2D eigenvalue weighted by Crippen LogP contribution is 2.33. The molecular weight excluding hydrogens is 498 g/mol. The second kappa shape index (κ2) is 11.1. The van der Waals surface area contributed by atoms with E-state index in [2.05, 4.69) is 46.1 Å². The Balaban J connectivity index is 1.23. The quantitative estimate of drug-likeness (QED) is 0.326. The van der Waals surface area contributed by atoms with E-state index in [-0.39, 0.29) is 11.9 Å². The summed E-state index contributed by atoms with van der Waals surface area (Å²) in [7, 11) is 0. The first-order valence-corrected chi connectivity index (χ1v) is 13.6. The van der Waals surface area contributed by atoms with Crippen molar-refractivity contribution in [2.45, 2.75) is 51.9 Å². The monoisotopic (exact) mass is 530 g/mol. The highest BCUT2D eigenvalue weighted by molar-refractivity contribution is 5.72. The summed E-state index contributed by atoms with van der Waals surface area (Å²) in [5, 5.41) is 4.49. The molecule has 2 aromatic heterocycles. The van der Waals surface area contributed by atoms with Gasteiger partial charge >= 0.3 is 0 Å². The third-order valence-corrected chi connectivity index (χ3v) is 7.48. The topological polar surface area (TPSA) is 59.3 Å². The van der Waals surface area contributed by atoms with Gasteiger partial charge in [0.25, 0.3) is 0 Å². The van der Waals surface area contributed by atoms with Gasteiger partial charge in [-0.25, -0.2) is 18.7 Å². The summed E-state index contributed by atoms with van der Waals surface area (Å²) in [6, 6.07) is 14.0. The zero-order valence-corrected chi connectivity index (χ0v) is 22.1. The zero-order chi connectivity index (χ0) is 26.8. The Kier molecular flexibility index (Phi) is 7.24. The lowest BCUT2D eigenvalue weighted by Gasteiger charge is -2.35. The van der Waals surface area contributed by atoms with Crippen LogP contribution in [0.15, 0.2) is 60.9 Å². The van der Waals surface area contributed by atoms with Gasteiger partial charge in [0.2, 0.25) is 0 Å². The average molecular weight is 531 g/mol. The number of ether oxygens (including phenoxy) is 1. The van der Waals surface area contributed by atoms with Crippen molar-refractivity contribution in [1.29, 1.82) is 0 Å². The summed E-state index contributed by atoms with van der Waals surface area (Å²) in [6.45, 7) is 6.82. The number of aryl methyl sites for hydroxylation is 1. The molecule has 0 bridgehead atoms. The molecule has 2 aromatic carbocycles. The van der Waals surface area contributed by atoms with Gasteiger partial charge < -0.3 is 9.64 Å². The number of nitrogens with zero attached hydrogens (tertiary/aromatic N) is 6. The number of halogens is 2. The first-order chi connectivity index (χ1) is 19.1. The van der Waals surface area contributed by atoms with Crippen LogP contribution in [0.4, 0.5) is 14.6 Å². The summed E-state index contributed by atoms with van der Waals surface area (Å²) < 4.78 is 35.2. The molecule has 202 valence electrons. The standard InChI is InChI=1S/C30H32F2N6O/c1-2-38-19-22(17-33-38)29-30(37-14-10-24(11-15-37)39-28-9-8-23(31)16-25(28)32)35-26-12-13-36(20-27(26)34-29)18-21-6-4-3-5-7-21/h3-9,16-17,19,24H,2,10-15,18,20H2,1H3. The highest BCUT2D eigenvalue weighted by atomic mass is 19.1. The van der Waals surface area contributed by atoms with Crippen LogP contribution in [0.5, 0.6) is 5.75 Å². The van der Waals surface area contributed by atoms with Crippen LogP contribution in [0.2, 0.25) is 0 Å². The van der Waals surface area contributed by atoms with Crippen molar-refractivity contribution in [3.63, 3.8) is 0 Å². The van der Waals surface area contributed by atoms with Crippen molar-refractivity contribution < 1.29 is 13.5 Å². The lowest BCUT2D eigenvalue weighted by atomic mass is 10.1. The fourth-order valence-electron chi connectivity index (χ4n) is 5.36. The van der Waals surface area contributed by atoms with Crippen LogP contribution < -0.4 is 9.64 Å². The van der Waals surface area contributed by atoms with Gasteiger partial charge in [-0.1, -0.05) is 30.3 Å². The molecule has 0 saturated carbocycles. The van der Waals surface area contributed by atoms with Crippen LogP contribution in [0.3, 0.4) is 0 Å². The molecule has 9 heteroatoms. The number of piperidine rings is 1. The van der Waals surface area contributed by atoms with E-state index in [0.29, 0.717) is 25.9 Å². The molecule has 0 N–H and O–H groups in total. The molecule has 39 heavy (non-hydrogen) atoms. The van der Waals surface area contributed by atoms with Crippen molar-refractivity contribution in [3.05, 3.63) is 89.5 Å². The lowest BCUT2D eigenvalue weighted by Crippen LogP contribution is -2.40. The van der Waals surface area contributed by atoms with E-state index < -0.39 is 11.6 Å². The second-order valence-electron chi connectivity index (χ2n) is 10.2. The van der Waals surface area contributed by atoms with E-state index in [1.165, 1.54) is 17.7 Å². The molecule has 4 heterocycles. The third kappa shape index (κ3) is 5.63. The number of fused-ring (bicyclic) bond motifs is 1. The minimum atomic E-state index is -0.672. The summed E-state index contributed by atoms with van der Waals surface area (Å²) in [5.74, 6) is -0.319. The molecule has 1 fully saturated rings. The molecule has 0 unspecified atom stereocenters. The van der Waals surface area contributed by atoms with Gasteiger partial charge in [-0.3, -0.25) is 9.58 Å². The van der Waals surface area contributed by atoms with Gasteiger partial charge in [0.1, 0.15) is 17.6 Å². The Bertz CT molecular complexity index is 1430. The molecule has 4 aromatic rings. The van der Waals surface area contributed by atoms with Gasteiger partial charge in [-0.05, 0) is 24.6 Å². The minimum absolute atomic E-state index is 0.0937. The molecule has 2 aliphatic heterocycles. The van der Waals surface area contributed by atoms with Gasteiger partial charge in [0.15, 0.2) is 17.4 Å². The molecule has 0 amide bonds. The molecule has 7 nitrogen and oxygen atoms in total.